The Labute approximate surface area is 130 Å². The van der Waals surface area contributed by atoms with Crippen molar-refractivity contribution in [3.8, 4) is 5.75 Å². The lowest BCUT2D eigenvalue weighted by Gasteiger charge is -2.08. The van der Waals surface area contributed by atoms with Crippen LogP contribution in [-0.4, -0.2) is 12.9 Å². The van der Waals surface area contributed by atoms with Crippen molar-refractivity contribution >= 4 is 29.5 Å². The van der Waals surface area contributed by atoms with Gasteiger partial charge in [0.05, 0.1) is 10.0 Å². The molecule has 0 spiro atoms. The molecule has 1 rings (SSSR count). The maximum atomic E-state index is 10.4. The molecule has 0 unspecified atom stereocenters. The van der Waals surface area contributed by atoms with Crippen LogP contribution in [0.15, 0.2) is 41.5 Å². The summed E-state index contributed by atoms with van der Waals surface area (Å²) in [6, 6.07) is 5.26. The minimum absolute atomic E-state index is 0.422. The van der Waals surface area contributed by atoms with Crippen molar-refractivity contribution in [1.29, 1.82) is 0 Å². The zero-order chi connectivity index (χ0) is 15.0. The van der Waals surface area contributed by atoms with Crippen molar-refractivity contribution in [3.05, 3.63) is 51.5 Å². The molecule has 1 aromatic rings. The van der Waals surface area contributed by atoms with Gasteiger partial charge >= 0.3 is 0 Å². The number of carbonyl (C=O) groups is 1. The summed E-state index contributed by atoms with van der Waals surface area (Å²) < 4.78 is 5.57. The Kier molecular flexibility index (Phi) is 7.42. The molecular formula is C16H18Cl2O2. The Balaban J connectivity index is 2.46. The zero-order valence-electron chi connectivity index (χ0n) is 11.7. The summed E-state index contributed by atoms with van der Waals surface area (Å²) in [5.41, 5.74) is 1.96. The molecule has 0 fully saturated rings. The van der Waals surface area contributed by atoms with E-state index in [1.54, 1.807) is 25.1 Å². The number of allylic oxidation sites excluding steroid dienone is 3. The third-order valence-corrected chi connectivity index (χ3v) is 3.36. The molecule has 0 bridgehead atoms. The number of aldehydes is 1. The van der Waals surface area contributed by atoms with Crippen molar-refractivity contribution in [2.75, 3.05) is 6.61 Å². The number of para-hydroxylation sites is 1. The SMILES string of the molecule is C/C(C=O)=C\CC/C(C)=C/COc1c(Cl)cccc1Cl. The molecule has 1 aromatic carbocycles. The highest BCUT2D eigenvalue weighted by molar-refractivity contribution is 6.37. The molecule has 0 amide bonds. The van der Waals surface area contributed by atoms with Crippen LogP contribution in [0.1, 0.15) is 26.7 Å². The number of hydrogen-bond donors (Lipinski definition) is 0. The van der Waals surface area contributed by atoms with Gasteiger partial charge in [-0.3, -0.25) is 4.79 Å². The van der Waals surface area contributed by atoms with Crippen LogP contribution in [0.2, 0.25) is 10.0 Å². The maximum absolute atomic E-state index is 10.4. The number of hydrogen-bond acceptors (Lipinski definition) is 2. The van der Waals surface area contributed by atoms with Crippen molar-refractivity contribution in [2.45, 2.75) is 26.7 Å². The molecule has 0 atom stereocenters. The predicted octanol–water partition coefficient (Wildman–Crippen LogP) is 5.24. The second-order valence-corrected chi connectivity index (χ2v) is 5.33. The smallest absolute Gasteiger partial charge is 0.156 e. The van der Waals surface area contributed by atoms with E-state index in [0.717, 1.165) is 24.7 Å². The van der Waals surface area contributed by atoms with E-state index in [1.165, 1.54) is 5.57 Å². The van der Waals surface area contributed by atoms with Crippen LogP contribution in [0.25, 0.3) is 0 Å². The largest absolute Gasteiger partial charge is 0.486 e. The van der Waals surface area contributed by atoms with E-state index >= 15 is 0 Å². The first-order valence-corrected chi connectivity index (χ1v) is 7.14. The van der Waals surface area contributed by atoms with Crippen LogP contribution < -0.4 is 4.74 Å². The Morgan fingerprint density at radius 2 is 1.85 bits per heavy atom. The summed E-state index contributed by atoms with van der Waals surface area (Å²) in [5.74, 6) is 0.511. The van der Waals surface area contributed by atoms with Crippen LogP contribution in [-0.2, 0) is 4.79 Å². The van der Waals surface area contributed by atoms with Gasteiger partial charge in [0.25, 0.3) is 0 Å². The number of halogens is 2. The molecule has 0 heterocycles. The molecule has 0 radical (unpaired) electrons. The van der Waals surface area contributed by atoms with E-state index in [4.69, 9.17) is 27.9 Å². The monoisotopic (exact) mass is 312 g/mol. The second kappa shape index (κ2) is 8.83. The van der Waals surface area contributed by atoms with Gasteiger partial charge in [-0.2, -0.15) is 0 Å². The standard InChI is InChI=1S/C16H18Cl2O2/c1-12(5-3-6-13(2)11-19)9-10-20-16-14(17)7-4-8-15(16)18/h4,6-9,11H,3,5,10H2,1-2H3/b12-9+,13-6+. The molecular weight excluding hydrogens is 295 g/mol. The highest BCUT2D eigenvalue weighted by Gasteiger charge is 2.05. The molecule has 0 saturated carbocycles. The molecule has 0 aliphatic heterocycles. The molecule has 0 saturated heterocycles. The van der Waals surface area contributed by atoms with E-state index in [1.807, 2.05) is 19.1 Å². The number of ether oxygens (including phenoxy) is 1. The summed E-state index contributed by atoms with van der Waals surface area (Å²) in [4.78, 5) is 10.4. The summed E-state index contributed by atoms with van der Waals surface area (Å²) in [6.45, 7) is 4.25. The normalized spacial score (nSPS) is 12.4. The molecule has 4 heteroatoms. The lowest BCUT2D eigenvalue weighted by Crippen LogP contribution is -1.96. The second-order valence-electron chi connectivity index (χ2n) is 4.52. The molecule has 2 nitrogen and oxygen atoms in total. The average molecular weight is 313 g/mol. The Morgan fingerprint density at radius 3 is 2.45 bits per heavy atom. The summed E-state index contributed by atoms with van der Waals surface area (Å²) >= 11 is 12.0. The third-order valence-electron chi connectivity index (χ3n) is 2.77. The maximum Gasteiger partial charge on any atom is 0.156 e. The molecule has 0 aromatic heterocycles. The van der Waals surface area contributed by atoms with E-state index in [0.29, 0.717) is 22.4 Å². The van der Waals surface area contributed by atoms with Crippen LogP contribution in [0.4, 0.5) is 0 Å². The summed E-state index contributed by atoms with van der Waals surface area (Å²) in [6.07, 6.45) is 6.52. The van der Waals surface area contributed by atoms with Gasteiger partial charge in [-0.1, -0.05) is 40.9 Å². The fraction of sp³-hybridized carbons (Fsp3) is 0.312. The van der Waals surface area contributed by atoms with Crippen molar-refractivity contribution < 1.29 is 9.53 Å². The van der Waals surface area contributed by atoms with Gasteiger partial charge in [0.2, 0.25) is 0 Å². The summed E-state index contributed by atoms with van der Waals surface area (Å²) in [7, 11) is 0. The van der Waals surface area contributed by atoms with E-state index in [2.05, 4.69) is 0 Å². The Hall–Kier alpha value is -1.25. The van der Waals surface area contributed by atoms with Gasteiger partial charge in [0, 0.05) is 0 Å². The molecule has 0 aliphatic carbocycles. The van der Waals surface area contributed by atoms with Crippen LogP contribution in [0.3, 0.4) is 0 Å². The number of carbonyl (C=O) groups excluding carboxylic acids is 1. The van der Waals surface area contributed by atoms with E-state index in [9.17, 15) is 4.79 Å². The fourth-order valence-electron chi connectivity index (χ4n) is 1.57. The first-order valence-electron chi connectivity index (χ1n) is 6.39. The van der Waals surface area contributed by atoms with Gasteiger partial charge in [-0.25, -0.2) is 0 Å². The van der Waals surface area contributed by atoms with Gasteiger partial charge < -0.3 is 4.74 Å². The number of benzene rings is 1. The van der Waals surface area contributed by atoms with Crippen molar-refractivity contribution in [1.82, 2.24) is 0 Å². The van der Waals surface area contributed by atoms with E-state index < -0.39 is 0 Å². The van der Waals surface area contributed by atoms with Crippen molar-refractivity contribution in [3.63, 3.8) is 0 Å². The predicted molar refractivity (Wildman–Crippen MR) is 84.8 cm³/mol. The zero-order valence-corrected chi connectivity index (χ0v) is 13.2. The topological polar surface area (TPSA) is 26.3 Å². The highest BCUT2D eigenvalue weighted by Crippen LogP contribution is 2.32. The lowest BCUT2D eigenvalue weighted by atomic mass is 10.1. The molecule has 108 valence electrons. The van der Waals surface area contributed by atoms with Gasteiger partial charge in [0.1, 0.15) is 12.9 Å². The summed E-state index contributed by atoms with van der Waals surface area (Å²) in [5, 5.41) is 1.01. The molecule has 0 N–H and O–H groups in total. The Morgan fingerprint density at radius 1 is 1.20 bits per heavy atom. The van der Waals surface area contributed by atoms with Crippen LogP contribution in [0, 0.1) is 0 Å². The first-order chi connectivity index (χ1) is 9.54. The molecule has 20 heavy (non-hydrogen) atoms. The molecule has 0 aliphatic rings. The average Bonchev–Trinajstić information content (AvgIpc) is 2.42. The van der Waals surface area contributed by atoms with Crippen LogP contribution in [0.5, 0.6) is 5.75 Å². The third kappa shape index (κ3) is 5.81. The van der Waals surface area contributed by atoms with Gasteiger partial charge in [-0.05, 0) is 50.5 Å². The Bertz CT molecular complexity index is 499. The van der Waals surface area contributed by atoms with Gasteiger partial charge in [-0.15, -0.1) is 0 Å². The minimum Gasteiger partial charge on any atom is -0.486 e. The minimum atomic E-state index is 0.422. The quantitative estimate of drug-likeness (QED) is 0.391. The number of rotatable bonds is 7. The van der Waals surface area contributed by atoms with Crippen molar-refractivity contribution in [2.24, 2.45) is 0 Å². The van der Waals surface area contributed by atoms with Crippen LogP contribution >= 0.6 is 23.2 Å². The highest BCUT2D eigenvalue weighted by atomic mass is 35.5. The first kappa shape index (κ1) is 16.8. The van der Waals surface area contributed by atoms with E-state index in [-0.39, 0.29) is 0 Å². The van der Waals surface area contributed by atoms with Gasteiger partial charge in [0.15, 0.2) is 5.75 Å². The lowest BCUT2D eigenvalue weighted by molar-refractivity contribution is -0.104. The fourth-order valence-corrected chi connectivity index (χ4v) is 2.07.